The number of carbonyl (C=O) groups is 3. The van der Waals surface area contributed by atoms with E-state index in [1.165, 1.54) is 42.4 Å². The van der Waals surface area contributed by atoms with Crippen LogP contribution in [0.3, 0.4) is 0 Å². The summed E-state index contributed by atoms with van der Waals surface area (Å²) in [5.74, 6) is -1.54. The molecule has 1 saturated carbocycles. The molecule has 1 heterocycles. The van der Waals surface area contributed by atoms with E-state index in [0.29, 0.717) is 46.0 Å². The van der Waals surface area contributed by atoms with E-state index in [0.717, 1.165) is 0 Å². The Balaban J connectivity index is 1.25. The molecule has 13 nitrogen and oxygen atoms in total. The Bertz CT molecular complexity index is 2180. The number of hydrogen-bond donors (Lipinski definition) is 4. The summed E-state index contributed by atoms with van der Waals surface area (Å²) in [6.07, 6.45) is 1.24. The highest BCUT2D eigenvalue weighted by Crippen LogP contribution is 2.36. The minimum absolute atomic E-state index is 0.0768. The van der Waals surface area contributed by atoms with Crippen molar-refractivity contribution in [3.63, 3.8) is 0 Å². The lowest BCUT2D eigenvalue weighted by Gasteiger charge is -2.25. The summed E-state index contributed by atoms with van der Waals surface area (Å²) in [7, 11) is -2.13. The number of sulfone groups is 1. The van der Waals surface area contributed by atoms with Crippen LogP contribution in [0.5, 0.6) is 0 Å². The molecule has 1 aliphatic carbocycles. The third-order valence-electron chi connectivity index (χ3n) is 8.38. The second-order valence-corrected chi connectivity index (χ2v) is 16.4. The van der Waals surface area contributed by atoms with E-state index in [-0.39, 0.29) is 40.2 Å². The molecule has 0 spiro atoms. The van der Waals surface area contributed by atoms with Gasteiger partial charge in [0.25, 0.3) is 5.56 Å². The van der Waals surface area contributed by atoms with Crippen LogP contribution in [-0.2, 0) is 30.7 Å². The van der Waals surface area contributed by atoms with E-state index in [1.807, 2.05) is 0 Å². The third kappa shape index (κ3) is 9.22. The minimum Gasteiger partial charge on any atom is -0.479 e. The van der Waals surface area contributed by atoms with E-state index >= 15 is 0 Å². The smallest absolute Gasteiger partial charge is 0.411 e. The Kier molecular flexibility index (Phi) is 11.2. The molecular formula is C37H41ClN4O9S. The molecule has 0 bridgehead atoms. The average molecular weight is 753 g/mol. The van der Waals surface area contributed by atoms with Crippen molar-refractivity contribution in [1.29, 1.82) is 0 Å². The number of aromatic nitrogens is 1. The number of pyridine rings is 1. The van der Waals surface area contributed by atoms with E-state index in [1.54, 1.807) is 64.1 Å². The van der Waals surface area contributed by atoms with Crippen LogP contribution in [0.2, 0.25) is 5.02 Å². The number of hydrogen-bond acceptors (Lipinski definition) is 9. The first-order valence-corrected chi connectivity index (χ1v) is 18.5. The number of nitrogens with zero attached hydrogens (tertiary/aromatic N) is 1. The zero-order chi connectivity index (χ0) is 38.0. The summed E-state index contributed by atoms with van der Waals surface area (Å²) in [6.45, 7) is 6.82. The van der Waals surface area contributed by atoms with Crippen LogP contribution < -0.4 is 16.2 Å². The Morgan fingerprint density at radius 3 is 2.40 bits per heavy atom. The lowest BCUT2D eigenvalue weighted by atomic mass is 9.97. The monoisotopic (exact) mass is 752 g/mol. The van der Waals surface area contributed by atoms with Gasteiger partial charge in [0.05, 0.1) is 23.3 Å². The van der Waals surface area contributed by atoms with Crippen molar-refractivity contribution in [3.8, 4) is 0 Å². The number of H-pyrrole nitrogens is 1. The predicted molar refractivity (Wildman–Crippen MR) is 198 cm³/mol. The lowest BCUT2D eigenvalue weighted by Crippen LogP contribution is -2.34. The highest BCUT2D eigenvalue weighted by Gasteiger charge is 2.38. The lowest BCUT2D eigenvalue weighted by molar-refractivity contribution is -0.138. The van der Waals surface area contributed by atoms with Gasteiger partial charge in [-0.25, -0.2) is 22.8 Å². The van der Waals surface area contributed by atoms with Crippen LogP contribution in [0.25, 0.3) is 10.8 Å². The first-order valence-electron chi connectivity index (χ1n) is 16.6. The Hall–Kier alpha value is -5.08. The van der Waals surface area contributed by atoms with Crippen molar-refractivity contribution >= 4 is 61.7 Å². The van der Waals surface area contributed by atoms with E-state index < -0.39 is 44.9 Å². The Morgan fingerprint density at radius 1 is 1.04 bits per heavy atom. The molecular weight excluding hydrogens is 712 g/mol. The molecule has 2 amide bonds. The number of carbonyl (C=O) groups excluding carboxylic acids is 2. The van der Waals surface area contributed by atoms with Crippen molar-refractivity contribution in [2.75, 3.05) is 24.3 Å². The molecule has 15 heteroatoms. The number of anilines is 2. The van der Waals surface area contributed by atoms with Gasteiger partial charge in [-0.15, -0.1) is 0 Å². The molecule has 0 aliphatic heterocycles. The number of nitrogens with one attached hydrogen (secondary N) is 3. The summed E-state index contributed by atoms with van der Waals surface area (Å²) in [5, 5.41) is 16.5. The zero-order valence-electron chi connectivity index (χ0n) is 29.4. The number of aromatic amines is 1. The maximum Gasteiger partial charge on any atom is 0.411 e. The number of amides is 2. The summed E-state index contributed by atoms with van der Waals surface area (Å²) < 4.78 is 37.3. The molecule has 1 unspecified atom stereocenters. The summed E-state index contributed by atoms with van der Waals surface area (Å²) in [6, 6.07) is 14.8. The van der Waals surface area contributed by atoms with Gasteiger partial charge in [0.2, 0.25) is 0 Å². The fourth-order valence-corrected chi connectivity index (χ4v) is 7.81. The molecule has 1 aliphatic rings. The first-order chi connectivity index (χ1) is 24.4. The summed E-state index contributed by atoms with van der Waals surface area (Å²) >= 11 is 6.61. The van der Waals surface area contributed by atoms with Gasteiger partial charge in [0.15, 0.2) is 15.9 Å². The number of fused-ring (bicyclic) bond motifs is 1. The zero-order valence-corrected chi connectivity index (χ0v) is 30.9. The molecule has 2 atom stereocenters. The van der Waals surface area contributed by atoms with Gasteiger partial charge < -0.3 is 29.8 Å². The van der Waals surface area contributed by atoms with E-state index in [4.69, 9.17) is 21.1 Å². The van der Waals surface area contributed by atoms with Crippen LogP contribution in [0.15, 0.2) is 76.6 Å². The van der Waals surface area contributed by atoms with Crippen molar-refractivity contribution in [2.24, 2.45) is 0 Å². The maximum atomic E-state index is 13.2. The topological polar surface area (TPSA) is 184 Å². The largest absolute Gasteiger partial charge is 0.479 e. The molecule has 5 rings (SSSR count). The van der Waals surface area contributed by atoms with E-state index in [9.17, 15) is 32.7 Å². The predicted octanol–water partition coefficient (Wildman–Crippen LogP) is 7.07. The quantitative estimate of drug-likeness (QED) is 0.117. The second-order valence-electron chi connectivity index (χ2n) is 13.8. The molecule has 4 aromatic rings. The number of halogens is 1. The number of rotatable bonds is 12. The van der Waals surface area contributed by atoms with Crippen LogP contribution in [0.4, 0.5) is 21.0 Å². The average Bonchev–Trinajstić information content (AvgIpc) is 3.92. The fraction of sp³-hybridized carbons (Fsp3) is 0.351. The number of carboxylic acids is 1. The number of ether oxygens (including phenoxy) is 2. The second kappa shape index (κ2) is 15.3. The van der Waals surface area contributed by atoms with Crippen LogP contribution in [-0.4, -0.2) is 66.1 Å². The molecule has 0 radical (unpaired) electrons. The molecule has 276 valence electrons. The highest BCUT2D eigenvalue weighted by atomic mass is 35.5. The van der Waals surface area contributed by atoms with Gasteiger partial charge in [-0.05, 0) is 98.2 Å². The SMILES string of the molecule is C[C@@H](COC(=O)Nc1ccc(S(=O)(=O)C2CC2)c(CN(C)C(=O)OC(C)(C)C)c1)c1ccc(C(Nc2ccc3cc[nH]c(=O)c3c2)C(=O)O)cc1Cl. The van der Waals surface area contributed by atoms with E-state index in [2.05, 4.69) is 15.6 Å². The number of aliphatic carboxylic acids is 1. The van der Waals surface area contributed by atoms with Crippen molar-refractivity contribution in [3.05, 3.63) is 98.9 Å². The molecule has 3 aromatic carbocycles. The van der Waals surface area contributed by atoms with Crippen LogP contribution in [0.1, 0.15) is 69.2 Å². The Morgan fingerprint density at radius 2 is 1.75 bits per heavy atom. The molecule has 1 aromatic heterocycles. The molecule has 0 saturated heterocycles. The van der Waals surface area contributed by atoms with Crippen LogP contribution >= 0.6 is 11.6 Å². The van der Waals surface area contributed by atoms with Crippen molar-refractivity contribution in [2.45, 2.75) is 74.8 Å². The molecule has 4 N–H and O–H groups in total. The third-order valence-corrected chi connectivity index (χ3v) is 11.1. The van der Waals surface area contributed by atoms with Gasteiger partial charge in [0.1, 0.15) is 5.60 Å². The molecule has 52 heavy (non-hydrogen) atoms. The number of benzene rings is 3. The van der Waals surface area contributed by atoms with Gasteiger partial charge in [-0.2, -0.15) is 0 Å². The summed E-state index contributed by atoms with van der Waals surface area (Å²) in [4.78, 5) is 54.0. The summed E-state index contributed by atoms with van der Waals surface area (Å²) in [5.41, 5.74) is 0.968. The minimum atomic E-state index is -3.63. The normalized spacial score (nSPS) is 14.3. The van der Waals surface area contributed by atoms with Gasteiger partial charge >= 0.3 is 18.2 Å². The molecule has 1 fully saturated rings. The van der Waals surface area contributed by atoms with Crippen molar-refractivity contribution < 1.29 is 37.4 Å². The van der Waals surface area contributed by atoms with Gasteiger partial charge in [-0.1, -0.05) is 36.7 Å². The van der Waals surface area contributed by atoms with Gasteiger partial charge in [-0.3, -0.25) is 10.1 Å². The fourth-order valence-electron chi connectivity index (χ4n) is 5.57. The highest BCUT2D eigenvalue weighted by molar-refractivity contribution is 7.92. The first kappa shape index (κ1) is 38.2. The van der Waals surface area contributed by atoms with Crippen molar-refractivity contribution in [1.82, 2.24) is 9.88 Å². The Labute approximate surface area is 306 Å². The maximum absolute atomic E-state index is 13.2. The standard InChI is InChI=1S/C37H41ClN4O9S/c1-21(28-12-7-23(17-30(28)38)32(34(44)45)40-26-8-6-22-14-15-39-33(43)29(22)18-26)20-50-35(46)41-25-9-13-31(52(48,49)27-10-11-27)24(16-25)19-42(5)36(47)51-37(2,3)4/h6-9,12-18,21,27,32,40H,10-11,19-20H2,1-5H3,(H,39,43)(H,41,46)(H,44,45)/t21-,32?/m0/s1. The number of carboxylic acid groups (broad SMARTS) is 1. The van der Waals surface area contributed by atoms with Crippen LogP contribution in [0, 0.1) is 0 Å². The van der Waals surface area contributed by atoms with Gasteiger partial charge in [0, 0.05) is 40.9 Å².